The van der Waals surface area contributed by atoms with Crippen molar-refractivity contribution in [1.29, 1.82) is 0 Å². The minimum absolute atomic E-state index is 0.363. The topological polar surface area (TPSA) is 49.7 Å². The van der Waals surface area contributed by atoms with Crippen molar-refractivity contribution in [3.05, 3.63) is 72.3 Å². The summed E-state index contributed by atoms with van der Waals surface area (Å²) in [7, 11) is 0. The number of para-hydroxylation sites is 1. The first kappa shape index (κ1) is 19.8. The Balaban J connectivity index is 1.39. The Kier molecular flexibility index (Phi) is 5.89. The van der Waals surface area contributed by atoms with Crippen LogP contribution in [0, 0.1) is 6.92 Å². The molecule has 4 aromatic rings. The maximum Gasteiger partial charge on any atom is 0.329 e. The van der Waals surface area contributed by atoms with Gasteiger partial charge in [-0.1, -0.05) is 30.3 Å². The first-order valence-electron chi connectivity index (χ1n) is 10.2. The van der Waals surface area contributed by atoms with Gasteiger partial charge < -0.3 is 14.3 Å². The highest BCUT2D eigenvalue weighted by Crippen LogP contribution is 2.31. The predicted octanol–water partition coefficient (Wildman–Crippen LogP) is 5.32. The number of ether oxygens (including phenoxy) is 2. The third-order valence-electron chi connectivity index (χ3n) is 4.89. The monoisotopic (exact) mass is 403 g/mol. The lowest BCUT2D eigenvalue weighted by Crippen LogP contribution is -2.15. The van der Waals surface area contributed by atoms with Gasteiger partial charge in [0.25, 0.3) is 0 Å². The van der Waals surface area contributed by atoms with Gasteiger partial charge in [0.2, 0.25) is 0 Å². The van der Waals surface area contributed by atoms with Crippen molar-refractivity contribution in [2.24, 2.45) is 0 Å². The molecule has 0 aliphatic carbocycles. The Labute approximate surface area is 175 Å². The largest absolute Gasteiger partial charge is 0.494 e. The Morgan fingerprint density at radius 3 is 2.23 bits per heavy atom. The summed E-state index contributed by atoms with van der Waals surface area (Å²) in [5, 5.41) is 2.05. The molecule has 0 aliphatic heterocycles. The summed E-state index contributed by atoms with van der Waals surface area (Å²) in [5.41, 5.74) is 2.86. The van der Waals surface area contributed by atoms with E-state index in [1.165, 1.54) is 12.5 Å². The minimum Gasteiger partial charge on any atom is -0.494 e. The van der Waals surface area contributed by atoms with Gasteiger partial charge in [-0.3, -0.25) is 0 Å². The van der Waals surface area contributed by atoms with Crippen molar-refractivity contribution in [3.63, 3.8) is 0 Å². The summed E-state index contributed by atoms with van der Waals surface area (Å²) >= 11 is 0. The van der Waals surface area contributed by atoms with Crippen molar-refractivity contribution in [3.8, 4) is 11.5 Å². The Morgan fingerprint density at radius 2 is 1.50 bits per heavy atom. The fourth-order valence-corrected chi connectivity index (χ4v) is 3.52. The van der Waals surface area contributed by atoms with E-state index < -0.39 is 0 Å². The van der Waals surface area contributed by atoms with Gasteiger partial charge in [-0.2, -0.15) is 4.73 Å². The third-order valence-corrected chi connectivity index (χ3v) is 4.89. The summed E-state index contributed by atoms with van der Waals surface area (Å²) in [6.07, 6.45) is 1.79. The van der Waals surface area contributed by atoms with Crippen LogP contribution in [0.15, 0.2) is 66.7 Å². The normalized spacial score (nSPS) is 11.0. The van der Waals surface area contributed by atoms with E-state index in [1.807, 2.05) is 60.7 Å². The van der Waals surface area contributed by atoms with Crippen LogP contribution >= 0.6 is 0 Å². The van der Waals surface area contributed by atoms with Crippen LogP contribution in [0.3, 0.4) is 0 Å². The number of nitrogens with zero attached hydrogens (tertiary/aromatic N) is 1. The van der Waals surface area contributed by atoms with Crippen LogP contribution in [0.25, 0.3) is 21.8 Å². The number of hydrogen-bond acceptors (Lipinski definition) is 4. The lowest BCUT2D eigenvalue weighted by Gasteiger charge is -2.09. The predicted molar refractivity (Wildman–Crippen MR) is 118 cm³/mol. The molecule has 4 rings (SSSR count). The van der Waals surface area contributed by atoms with Crippen LogP contribution in [0.2, 0.25) is 0 Å². The second-order valence-electron chi connectivity index (χ2n) is 7.29. The van der Waals surface area contributed by atoms with E-state index in [0.717, 1.165) is 46.1 Å². The zero-order valence-electron chi connectivity index (χ0n) is 17.3. The van der Waals surface area contributed by atoms with Gasteiger partial charge in [0.05, 0.1) is 24.2 Å². The number of unbranched alkanes of at least 4 members (excludes halogenated alkanes) is 1. The minimum atomic E-state index is -0.363. The molecule has 5 nitrogen and oxygen atoms in total. The van der Waals surface area contributed by atoms with E-state index in [-0.39, 0.29) is 5.97 Å². The molecule has 1 aromatic heterocycles. The molecule has 0 spiro atoms. The van der Waals surface area contributed by atoms with E-state index >= 15 is 0 Å². The zero-order chi connectivity index (χ0) is 20.9. The molecule has 1 heterocycles. The average Bonchev–Trinajstić information content (AvgIpc) is 3.03. The molecule has 0 saturated carbocycles. The van der Waals surface area contributed by atoms with Gasteiger partial charge in [-0.25, -0.2) is 4.79 Å². The molecule has 3 aromatic carbocycles. The van der Waals surface area contributed by atoms with Crippen LogP contribution in [0.4, 0.5) is 0 Å². The number of aromatic nitrogens is 1. The number of carbonyl (C=O) groups is 1. The molecule has 0 unspecified atom stereocenters. The molecule has 0 N–H and O–H groups in total. The van der Waals surface area contributed by atoms with Gasteiger partial charge >= 0.3 is 5.97 Å². The molecular weight excluding hydrogens is 378 g/mol. The summed E-state index contributed by atoms with van der Waals surface area (Å²) < 4.78 is 13.3. The smallest absolute Gasteiger partial charge is 0.329 e. The molecule has 5 heteroatoms. The fraction of sp³-hybridized carbons (Fsp3) is 0.240. The standard InChI is InChI=1S/C25H25NO4/c1-18-8-7-9-20(16-18)28-14-5-6-15-29-21-12-13-23-22-10-3-4-11-24(22)26(25(23)17-21)30-19(2)27/h3-4,7-13,16-17H,5-6,14-15H2,1-2H3. The maximum absolute atomic E-state index is 11.6. The molecule has 154 valence electrons. The quantitative estimate of drug-likeness (QED) is 0.374. The number of hydrogen-bond donors (Lipinski definition) is 0. The van der Waals surface area contributed by atoms with E-state index in [4.69, 9.17) is 14.3 Å². The highest BCUT2D eigenvalue weighted by Gasteiger charge is 2.13. The first-order chi connectivity index (χ1) is 14.6. The summed E-state index contributed by atoms with van der Waals surface area (Å²) in [5.74, 6) is 1.29. The number of aryl methyl sites for hydroxylation is 1. The Morgan fingerprint density at radius 1 is 0.800 bits per heavy atom. The Bertz CT molecular complexity index is 1180. The van der Waals surface area contributed by atoms with Crippen molar-refractivity contribution < 1.29 is 19.1 Å². The molecule has 0 saturated heterocycles. The molecule has 0 fully saturated rings. The highest BCUT2D eigenvalue weighted by molar-refractivity contribution is 6.08. The maximum atomic E-state index is 11.6. The van der Waals surface area contributed by atoms with E-state index in [1.54, 1.807) is 4.73 Å². The SMILES string of the molecule is CC(=O)On1c2ccccc2c2ccc(OCCCCOc3cccc(C)c3)cc21. The molecule has 0 bridgehead atoms. The van der Waals surface area contributed by atoms with E-state index in [9.17, 15) is 4.79 Å². The number of carbonyl (C=O) groups excluding carboxylic acids is 1. The molecule has 0 amide bonds. The molecule has 0 aliphatic rings. The summed E-state index contributed by atoms with van der Waals surface area (Å²) in [6.45, 7) is 4.71. The third kappa shape index (κ3) is 4.40. The second-order valence-corrected chi connectivity index (χ2v) is 7.29. The van der Waals surface area contributed by atoms with E-state index in [2.05, 4.69) is 13.0 Å². The second kappa shape index (κ2) is 8.91. The fourth-order valence-electron chi connectivity index (χ4n) is 3.52. The number of benzene rings is 3. The van der Waals surface area contributed by atoms with Crippen molar-refractivity contribution >= 4 is 27.8 Å². The van der Waals surface area contributed by atoms with Gasteiger partial charge in [0, 0.05) is 23.8 Å². The zero-order valence-corrected chi connectivity index (χ0v) is 17.3. The first-order valence-corrected chi connectivity index (χ1v) is 10.2. The Hall–Kier alpha value is -3.47. The molecule has 30 heavy (non-hydrogen) atoms. The van der Waals surface area contributed by atoms with Crippen molar-refractivity contribution in [1.82, 2.24) is 4.73 Å². The lowest BCUT2D eigenvalue weighted by molar-refractivity contribution is -0.140. The van der Waals surface area contributed by atoms with Gasteiger partial charge in [0.1, 0.15) is 11.5 Å². The van der Waals surface area contributed by atoms with Gasteiger partial charge in [0.15, 0.2) is 0 Å². The van der Waals surface area contributed by atoms with Crippen LogP contribution in [0.5, 0.6) is 11.5 Å². The van der Waals surface area contributed by atoms with Crippen molar-refractivity contribution in [2.45, 2.75) is 26.7 Å². The van der Waals surface area contributed by atoms with Crippen LogP contribution < -0.4 is 14.3 Å². The highest BCUT2D eigenvalue weighted by atomic mass is 16.7. The van der Waals surface area contributed by atoms with Crippen molar-refractivity contribution in [2.75, 3.05) is 13.2 Å². The van der Waals surface area contributed by atoms with E-state index in [0.29, 0.717) is 13.2 Å². The molecular formula is C25H25NO4. The average molecular weight is 403 g/mol. The van der Waals surface area contributed by atoms with Crippen LogP contribution in [-0.2, 0) is 4.79 Å². The van der Waals surface area contributed by atoms with Gasteiger partial charge in [-0.15, -0.1) is 0 Å². The molecule has 0 radical (unpaired) electrons. The molecule has 0 atom stereocenters. The summed E-state index contributed by atoms with van der Waals surface area (Å²) in [4.78, 5) is 17.0. The number of rotatable bonds is 8. The van der Waals surface area contributed by atoms with Gasteiger partial charge in [-0.05, 0) is 55.7 Å². The van der Waals surface area contributed by atoms with Crippen LogP contribution in [-0.4, -0.2) is 23.9 Å². The lowest BCUT2D eigenvalue weighted by atomic mass is 10.1. The summed E-state index contributed by atoms with van der Waals surface area (Å²) in [6, 6.07) is 21.8. The van der Waals surface area contributed by atoms with Crippen LogP contribution in [0.1, 0.15) is 25.3 Å². The number of fused-ring (bicyclic) bond motifs is 3.